The number of carbonyl (C=O) groups is 2. The number of hydrogen-bond donors (Lipinski definition) is 0. The van der Waals surface area contributed by atoms with E-state index < -0.39 is 6.09 Å². The zero-order valence-electron chi connectivity index (χ0n) is 7.75. The molecule has 0 radical (unpaired) electrons. The Balaban J connectivity index is 4.09. The molecule has 0 fully saturated rings. The zero-order chi connectivity index (χ0) is 9.72. The van der Waals surface area contributed by atoms with E-state index in [1.165, 1.54) is 17.9 Å². The monoisotopic (exact) mass is 171 g/mol. The fourth-order valence-electron chi connectivity index (χ4n) is 0.545. The van der Waals surface area contributed by atoms with Crippen LogP contribution in [-0.4, -0.2) is 30.9 Å². The maximum absolute atomic E-state index is 10.9. The number of hydrogen-bond acceptors (Lipinski definition) is 3. The lowest BCUT2D eigenvalue weighted by Gasteiger charge is -2.10. The lowest BCUT2D eigenvalue weighted by molar-refractivity contribution is -0.112. The van der Waals surface area contributed by atoms with E-state index in [0.717, 1.165) is 0 Å². The Kier molecular flexibility index (Phi) is 4.04. The first-order valence-corrected chi connectivity index (χ1v) is 3.51. The molecule has 0 aliphatic carbocycles. The first-order valence-electron chi connectivity index (χ1n) is 3.51. The molecular weight excluding hydrogens is 158 g/mol. The third-order valence-corrected chi connectivity index (χ3v) is 1.02. The predicted molar refractivity (Wildman–Crippen MR) is 44.6 cm³/mol. The lowest BCUT2D eigenvalue weighted by atomic mass is 10.4. The Morgan fingerprint density at radius 2 is 1.75 bits per heavy atom. The standard InChI is InChI=1S/C8H13NO3/c1-6(10)5-7(2)12-8(11)9(3)4/h5H,1-4H3/b7-5+. The number of rotatable bonds is 2. The summed E-state index contributed by atoms with van der Waals surface area (Å²) in [6.45, 7) is 2.95. The van der Waals surface area contributed by atoms with Gasteiger partial charge in [0.05, 0.1) is 0 Å². The summed E-state index contributed by atoms with van der Waals surface area (Å²) in [5.74, 6) is 0.167. The molecule has 0 aromatic carbocycles. The highest BCUT2D eigenvalue weighted by molar-refractivity contribution is 5.88. The molecule has 0 aromatic heterocycles. The average molecular weight is 171 g/mol. The van der Waals surface area contributed by atoms with Gasteiger partial charge in [0, 0.05) is 20.2 Å². The number of carbonyl (C=O) groups excluding carboxylic acids is 2. The van der Waals surface area contributed by atoms with E-state index in [9.17, 15) is 9.59 Å². The van der Waals surface area contributed by atoms with Crippen molar-refractivity contribution in [1.29, 1.82) is 0 Å². The van der Waals surface area contributed by atoms with Crippen molar-refractivity contribution >= 4 is 11.9 Å². The minimum absolute atomic E-state index is 0.140. The molecule has 0 bridgehead atoms. The summed E-state index contributed by atoms with van der Waals surface area (Å²) in [7, 11) is 3.15. The van der Waals surface area contributed by atoms with E-state index in [2.05, 4.69) is 0 Å². The van der Waals surface area contributed by atoms with Crippen LogP contribution in [0.4, 0.5) is 4.79 Å². The summed E-state index contributed by atoms with van der Waals surface area (Å²) in [5, 5.41) is 0. The molecule has 0 saturated heterocycles. The van der Waals surface area contributed by atoms with E-state index in [0.29, 0.717) is 5.76 Å². The van der Waals surface area contributed by atoms with E-state index >= 15 is 0 Å². The van der Waals surface area contributed by atoms with Gasteiger partial charge >= 0.3 is 6.09 Å². The van der Waals surface area contributed by atoms with Crippen molar-refractivity contribution in [2.45, 2.75) is 13.8 Å². The minimum atomic E-state index is -0.481. The average Bonchev–Trinajstić information content (AvgIpc) is 1.84. The van der Waals surface area contributed by atoms with Crippen LogP contribution in [0.1, 0.15) is 13.8 Å². The SMILES string of the molecule is CC(=O)/C=C(\C)OC(=O)N(C)C. The van der Waals surface area contributed by atoms with Gasteiger partial charge in [0.25, 0.3) is 0 Å². The number of nitrogens with zero attached hydrogens (tertiary/aromatic N) is 1. The summed E-state index contributed by atoms with van der Waals surface area (Å²) in [6.07, 6.45) is 0.784. The zero-order valence-corrected chi connectivity index (χ0v) is 7.75. The fraction of sp³-hybridized carbons (Fsp3) is 0.500. The first-order chi connectivity index (χ1) is 5.43. The van der Waals surface area contributed by atoms with Gasteiger partial charge in [-0.3, -0.25) is 4.79 Å². The van der Waals surface area contributed by atoms with Crippen LogP contribution in [0, 0.1) is 0 Å². The molecule has 0 aliphatic rings. The second-order valence-electron chi connectivity index (χ2n) is 2.63. The Bertz CT molecular complexity index is 218. The maximum atomic E-state index is 10.9. The first kappa shape index (κ1) is 10.7. The van der Waals surface area contributed by atoms with Gasteiger partial charge in [-0.25, -0.2) is 4.79 Å². The van der Waals surface area contributed by atoms with Gasteiger partial charge in [-0.15, -0.1) is 0 Å². The molecule has 0 aliphatic heterocycles. The number of allylic oxidation sites excluding steroid dienone is 2. The van der Waals surface area contributed by atoms with Crippen molar-refractivity contribution in [2.75, 3.05) is 14.1 Å². The van der Waals surface area contributed by atoms with Crippen molar-refractivity contribution in [3.63, 3.8) is 0 Å². The molecule has 0 atom stereocenters. The lowest BCUT2D eigenvalue weighted by Crippen LogP contribution is -2.22. The van der Waals surface area contributed by atoms with Crippen molar-refractivity contribution in [1.82, 2.24) is 4.90 Å². The van der Waals surface area contributed by atoms with Gasteiger partial charge < -0.3 is 9.64 Å². The Labute approximate surface area is 71.8 Å². The maximum Gasteiger partial charge on any atom is 0.414 e. The van der Waals surface area contributed by atoms with Gasteiger partial charge in [-0.2, -0.15) is 0 Å². The molecule has 0 spiro atoms. The normalized spacial score (nSPS) is 10.8. The summed E-state index contributed by atoms with van der Waals surface area (Å²) >= 11 is 0. The van der Waals surface area contributed by atoms with Crippen LogP contribution >= 0.6 is 0 Å². The van der Waals surface area contributed by atoms with Crippen LogP contribution in [-0.2, 0) is 9.53 Å². The third-order valence-electron chi connectivity index (χ3n) is 1.02. The van der Waals surface area contributed by atoms with Crippen LogP contribution in [0.25, 0.3) is 0 Å². The van der Waals surface area contributed by atoms with Gasteiger partial charge in [0.15, 0.2) is 5.78 Å². The van der Waals surface area contributed by atoms with E-state index in [1.54, 1.807) is 21.0 Å². The van der Waals surface area contributed by atoms with Crippen LogP contribution in [0.15, 0.2) is 11.8 Å². The molecule has 4 heteroatoms. The smallest absolute Gasteiger partial charge is 0.414 e. The van der Waals surface area contributed by atoms with Gasteiger partial charge in [0.1, 0.15) is 5.76 Å². The van der Waals surface area contributed by atoms with Crippen LogP contribution in [0.3, 0.4) is 0 Å². The van der Waals surface area contributed by atoms with E-state index in [4.69, 9.17) is 4.74 Å². The molecule has 0 aromatic rings. The second kappa shape index (κ2) is 4.54. The molecule has 1 amide bonds. The molecule has 12 heavy (non-hydrogen) atoms. The predicted octanol–water partition coefficient (Wildman–Crippen LogP) is 1.18. The van der Waals surface area contributed by atoms with Crippen molar-refractivity contribution in [2.24, 2.45) is 0 Å². The molecule has 4 nitrogen and oxygen atoms in total. The number of amides is 1. The summed E-state index contributed by atoms with van der Waals surface area (Å²) in [4.78, 5) is 22.7. The highest BCUT2D eigenvalue weighted by Gasteiger charge is 2.05. The summed E-state index contributed by atoms with van der Waals surface area (Å²) in [5.41, 5.74) is 0. The van der Waals surface area contributed by atoms with Crippen LogP contribution < -0.4 is 0 Å². The summed E-state index contributed by atoms with van der Waals surface area (Å²) in [6, 6.07) is 0. The minimum Gasteiger partial charge on any atom is -0.415 e. The Hall–Kier alpha value is -1.32. The molecule has 0 saturated carbocycles. The van der Waals surface area contributed by atoms with E-state index in [-0.39, 0.29) is 5.78 Å². The van der Waals surface area contributed by atoms with Crippen LogP contribution in [0.2, 0.25) is 0 Å². The quantitative estimate of drug-likeness (QED) is 0.463. The molecular formula is C8H13NO3. The van der Waals surface area contributed by atoms with Gasteiger partial charge in [-0.1, -0.05) is 0 Å². The molecule has 0 heterocycles. The number of ketones is 1. The summed E-state index contributed by atoms with van der Waals surface area (Å²) < 4.78 is 4.75. The second-order valence-corrected chi connectivity index (χ2v) is 2.63. The molecule has 0 N–H and O–H groups in total. The Morgan fingerprint density at radius 1 is 1.25 bits per heavy atom. The Morgan fingerprint density at radius 3 is 2.08 bits per heavy atom. The molecule has 0 unspecified atom stereocenters. The fourth-order valence-corrected chi connectivity index (χ4v) is 0.545. The third kappa shape index (κ3) is 4.49. The van der Waals surface area contributed by atoms with Crippen LogP contribution in [0.5, 0.6) is 0 Å². The largest absolute Gasteiger partial charge is 0.415 e. The highest BCUT2D eigenvalue weighted by atomic mass is 16.6. The van der Waals surface area contributed by atoms with Crippen molar-refractivity contribution < 1.29 is 14.3 Å². The topological polar surface area (TPSA) is 46.6 Å². The molecule has 68 valence electrons. The van der Waals surface area contributed by atoms with Crippen molar-refractivity contribution in [3.8, 4) is 0 Å². The molecule has 0 rings (SSSR count). The van der Waals surface area contributed by atoms with E-state index in [1.807, 2.05) is 0 Å². The highest BCUT2D eigenvalue weighted by Crippen LogP contribution is 1.98. The number of ether oxygens (including phenoxy) is 1. The van der Waals surface area contributed by atoms with Crippen molar-refractivity contribution in [3.05, 3.63) is 11.8 Å². The van der Waals surface area contributed by atoms with Gasteiger partial charge in [-0.05, 0) is 13.8 Å². The van der Waals surface area contributed by atoms with Gasteiger partial charge in [0.2, 0.25) is 0 Å².